The molecule has 2 aliphatic heterocycles. The summed E-state index contributed by atoms with van der Waals surface area (Å²) in [6, 6.07) is 2.25. The van der Waals surface area contributed by atoms with Crippen molar-refractivity contribution in [3.05, 3.63) is 76.1 Å². The second kappa shape index (κ2) is 11.1. The number of carbonyl (C=O) groups excluding carboxylic acids is 1. The number of ketones is 1. The molecule has 0 amide bonds. The van der Waals surface area contributed by atoms with E-state index >= 15 is 0 Å². The molecular weight excluding hydrogens is 451 g/mol. The van der Waals surface area contributed by atoms with E-state index < -0.39 is 6.17 Å². The molecule has 1 aromatic heterocycles. The van der Waals surface area contributed by atoms with Crippen molar-refractivity contribution in [2.75, 3.05) is 20.1 Å². The molecule has 2 unspecified atom stereocenters. The lowest BCUT2D eigenvalue weighted by atomic mass is 9.82. The Kier molecular flexibility index (Phi) is 8.06. The van der Waals surface area contributed by atoms with Crippen LogP contribution in [0.1, 0.15) is 63.3 Å². The summed E-state index contributed by atoms with van der Waals surface area (Å²) < 4.78 is 14.4. The number of pyridine rings is 1. The van der Waals surface area contributed by atoms with Crippen LogP contribution in [0, 0.1) is 12.8 Å². The van der Waals surface area contributed by atoms with Crippen LogP contribution in [0.3, 0.4) is 0 Å². The molecule has 1 aliphatic carbocycles. The van der Waals surface area contributed by atoms with Gasteiger partial charge in [0.1, 0.15) is 12.0 Å². The summed E-state index contributed by atoms with van der Waals surface area (Å²) in [5.74, 6) is 0.464. The van der Waals surface area contributed by atoms with Crippen molar-refractivity contribution in [1.29, 1.82) is 0 Å². The van der Waals surface area contributed by atoms with Crippen molar-refractivity contribution in [2.24, 2.45) is 11.7 Å². The van der Waals surface area contributed by atoms with Crippen LogP contribution in [0.5, 0.6) is 0 Å². The SMILES string of the molecule is CC(=O)C1=CC=C(C2CCN(C(C)/C(C)=C/c3c(C4=CN(C)C(N)C(F)=C4)ccnc3C)CC2)CC1. The van der Waals surface area contributed by atoms with E-state index in [1.54, 1.807) is 25.1 Å². The van der Waals surface area contributed by atoms with Gasteiger partial charge in [-0.2, -0.15) is 0 Å². The van der Waals surface area contributed by atoms with Gasteiger partial charge in [0.2, 0.25) is 0 Å². The third-order valence-electron chi connectivity index (χ3n) is 8.12. The minimum absolute atomic E-state index is 0.194. The molecule has 192 valence electrons. The first-order valence-electron chi connectivity index (χ1n) is 13.0. The summed E-state index contributed by atoms with van der Waals surface area (Å²) in [5.41, 5.74) is 13.3. The van der Waals surface area contributed by atoms with Gasteiger partial charge in [0.15, 0.2) is 5.78 Å². The summed E-state index contributed by atoms with van der Waals surface area (Å²) >= 11 is 0. The Bertz CT molecular complexity index is 1170. The molecule has 5 nitrogen and oxygen atoms in total. The Balaban J connectivity index is 1.48. The van der Waals surface area contributed by atoms with Crippen molar-refractivity contribution in [3.63, 3.8) is 0 Å². The largest absolute Gasteiger partial charge is 0.359 e. The van der Waals surface area contributed by atoms with Crippen molar-refractivity contribution >= 4 is 17.4 Å². The molecule has 3 aliphatic rings. The van der Waals surface area contributed by atoms with Gasteiger partial charge in [-0.1, -0.05) is 29.4 Å². The first-order chi connectivity index (χ1) is 17.2. The summed E-state index contributed by atoms with van der Waals surface area (Å²) in [4.78, 5) is 20.4. The predicted molar refractivity (Wildman–Crippen MR) is 145 cm³/mol. The number of allylic oxidation sites excluding steroid dienone is 6. The Labute approximate surface area is 214 Å². The van der Waals surface area contributed by atoms with E-state index in [9.17, 15) is 9.18 Å². The number of Topliss-reactive ketones (excluding diaryl/α,β-unsaturated/α-hetero) is 1. The van der Waals surface area contributed by atoms with Crippen LogP contribution in [0.15, 0.2) is 59.2 Å². The lowest BCUT2D eigenvalue weighted by molar-refractivity contribution is -0.113. The molecule has 6 heteroatoms. The van der Waals surface area contributed by atoms with Crippen LogP contribution in [-0.4, -0.2) is 52.9 Å². The van der Waals surface area contributed by atoms with E-state index in [1.807, 2.05) is 25.3 Å². The minimum Gasteiger partial charge on any atom is -0.359 e. The smallest absolute Gasteiger partial charge is 0.155 e. The number of carbonyl (C=O) groups is 1. The van der Waals surface area contributed by atoms with Crippen molar-refractivity contribution in [1.82, 2.24) is 14.8 Å². The molecule has 1 aromatic rings. The van der Waals surface area contributed by atoms with E-state index in [-0.39, 0.29) is 11.6 Å². The molecule has 3 heterocycles. The molecule has 36 heavy (non-hydrogen) atoms. The number of aryl methyl sites for hydroxylation is 1. The van der Waals surface area contributed by atoms with E-state index in [2.05, 4.69) is 35.9 Å². The Morgan fingerprint density at radius 1 is 1.22 bits per heavy atom. The number of likely N-dealkylation sites (N-methyl/N-ethyl adjacent to an activating group) is 1. The molecule has 2 atom stereocenters. The topological polar surface area (TPSA) is 62.5 Å². The lowest BCUT2D eigenvalue weighted by Gasteiger charge is -2.38. The number of piperidine rings is 1. The van der Waals surface area contributed by atoms with Gasteiger partial charge in [-0.15, -0.1) is 0 Å². The number of halogens is 1. The standard InChI is InChI=1S/C30H39FN4O/c1-19(16-28-20(2)33-13-10-27(28)26-17-29(31)30(32)34(5)18-26)21(3)35-14-11-25(12-15-35)24-8-6-23(7-9-24)22(4)36/h6,8,10,13,16-18,21,25,30H,7,9,11-12,14-15,32H2,1-5H3/b19-16+. The number of nitrogens with zero attached hydrogens (tertiary/aromatic N) is 3. The zero-order valence-electron chi connectivity index (χ0n) is 22.2. The van der Waals surface area contributed by atoms with Crippen LogP contribution in [-0.2, 0) is 4.79 Å². The van der Waals surface area contributed by atoms with Gasteiger partial charge in [-0.05, 0) is 95.7 Å². The first kappa shape index (κ1) is 26.2. The molecule has 0 bridgehead atoms. The summed E-state index contributed by atoms with van der Waals surface area (Å²) in [6.45, 7) is 10.2. The summed E-state index contributed by atoms with van der Waals surface area (Å²) in [6.07, 6.45) is 15.1. The van der Waals surface area contributed by atoms with Gasteiger partial charge < -0.3 is 10.6 Å². The normalized spacial score (nSPS) is 23.0. The van der Waals surface area contributed by atoms with E-state index in [1.165, 1.54) is 17.2 Å². The Morgan fingerprint density at radius 3 is 2.56 bits per heavy atom. The van der Waals surface area contributed by atoms with Crippen LogP contribution in [0.2, 0.25) is 0 Å². The van der Waals surface area contributed by atoms with Crippen LogP contribution < -0.4 is 5.73 Å². The second-order valence-corrected chi connectivity index (χ2v) is 10.4. The fraction of sp³-hybridized carbons (Fsp3) is 0.467. The molecule has 0 radical (unpaired) electrons. The monoisotopic (exact) mass is 490 g/mol. The number of rotatable bonds is 6. The van der Waals surface area contributed by atoms with Crippen molar-refractivity contribution in [3.8, 4) is 0 Å². The lowest BCUT2D eigenvalue weighted by Crippen LogP contribution is -2.41. The highest BCUT2D eigenvalue weighted by Crippen LogP contribution is 2.34. The molecule has 0 saturated carbocycles. The van der Waals surface area contributed by atoms with Crippen molar-refractivity contribution < 1.29 is 9.18 Å². The van der Waals surface area contributed by atoms with Crippen LogP contribution in [0.4, 0.5) is 4.39 Å². The molecule has 1 fully saturated rings. The second-order valence-electron chi connectivity index (χ2n) is 10.4. The predicted octanol–water partition coefficient (Wildman–Crippen LogP) is 5.55. The van der Waals surface area contributed by atoms with Gasteiger partial charge >= 0.3 is 0 Å². The fourth-order valence-electron chi connectivity index (χ4n) is 5.51. The van der Waals surface area contributed by atoms with Crippen molar-refractivity contribution in [2.45, 2.75) is 65.6 Å². The molecular formula is C30H39FN4O. The molecule has 0 aromatic carbocycles. The van der Waals surface area contributed by atoms with E-state index in [4.69, 9.17) is 5.73 Å². The maximum atomic E-state index is 14.4. The molecule has 0 spiro atoms. The van der Waals surface area contributed by atoms with Gasteiger partial charge in [0, 0.05) is 42.3 Å². The third kappa shape index (κ3) is 5.60. The first-order valence-corrected chi connectivity index (χ1v) is 13.0. The van der Waals surface area contributed by atoms with E-state index in [0.717, 1.165) is 66.7 Å². The average Bonchev–Trinajstić information content (AvgIpc) is 2.87. The molecule has 2 N–H and O–H groups in total. The number of nitrogens with two attached hydrogens (primary N) is 1. The highest BCUT2D eigenvalue weighted by molar-refractivity contribution is 5.93. The molecule has 4 rings (SSSR count). The zero-order chi connectivity index (χ0) is 26.0. The number of hydrogen-bond acceptors (Lipinski definition) is 5. The quantitative estimate of drug-likeness (QED) is 0.566. The number of likely N-dealkylation sites (tertiary alicyclic amines) is 1. The highest BCUT2D eigenvalue weighted by Gasteiger charge is 2.27. The maximum absolute atomic E-state index is 14.4. The average molecular weight is 491 g/mol. The third-order valence-corrected chi connectivity index (χ3v) is 8.12. The van der Waals surface area contributed by atoms with Crippen LogP contribution in [0.25, 0.3) is 11.6 Å². The van der Waals surface area contributed by atoms with Gasteiger partial charge in [0.25, 0.3) is 0 Å². The highest BCUT2D eigenvalue weighted by atomic mass is 19.1. The van der Waals surface area contributed by atoms with Gasteiger partial charge in [-0.3, -0.25) is 14.7 Å². The number of aromatic nitrogens is 1. The van der Waals surface area contributed by atoms with E-state index in [0.29, 0.717) is 12.0 Å². The number of hydrogen-bond donors (Lipinski definition) is 1. The maximum Gasteiger partial charge on any atom is 0.155 e. The Hall–Kier alpha value is -2.83. The summed E-state index contributed by atoms with van der Waals surface area (Å²) in [5, 5.41) is 0. The van der Waals surface area contributed by atoms with Gasteiger partial charge in [-0.25, -0.2) is 4.39 Å². The van der Waals surface area contributed by atoms with Crippen LogP contribution >= 0.6 is 0 Å². The molecule has 1 saturated heterocycles. The summed E-state index contributed by atoms with van der Waals surface area (Å²) in [7, 11) is 1.79. The van der Waals surface area contributed by atoms with Gasteiger partial charge in [0.05, 0.1) is 0 Å². The zero-order valence-corrected chi connectivity index (χ0v) is 22.2. The minimum atomic E-state index is -0.739. The Morgan fingerprint density at radius 2 is 1.94 bits per heavy atom. The fourth-order valence-corrected chi connectivity index (χ4v) is 5.51.